The van der Waals surface area contributed by atoms with Crippen molar-refractivity contribution < 1.29 is 24.2 Å². The molecule has 0 spiro atoms. The van der Waals surface area contributed by atoms with Crippen LogP contribution in [0.1, 0.15) is 64.2 Å². The number of hydrogen-bond donors (Lipinski definition) is 3. The third-order valence-electron chi connectivity index (χ3n) is 6.79. The molecule has 1 aliphatic heterocycles. The van der Waals surface area contributed by atoms with E-state index >= 15 is 0 Å². The average Bonchev–Trinajstić information content (AvgIpc) is 3.16. The van der Waals surface area contributed by atoms with Crippen LogP contribution >= 0.6 is 11.6 Å². The van der Waals surface area contributed by atoms with Gasteiger partial charge in [-0.25, -0.2) is 0 Å². The van der Waals surface area contributed by atoms with E-state index in [0.29, 0.717) is 60.6 Å². The van der Waals surface area contributed by atoms with Gasteiger partial charge in [0.1, 0.15) is 11.9 Å². The molecule has 11 nitrogen and oxygen atoms in total. The highest BCUT2D eigenvalue weighted by molar-refractivity contribution is 6.32. The predicted molar refractivity (Wildman–Crippen MR) is 144 cm³/mol. The van der Waals surface area contributed by atoms with Gasteiger partial charge in [0.05, 0.1) is 25.0 Å². The summed E-state index contributed by atoms with van der Waals surface area (Å²) in [6.07, 6.45) is 7.64. The van der Waals surface area contributed by atoms with Gasteiger partial charge >= 0.3 is 11.9 Å². The smallest absolute Gasteiger partial charge is 0.306 e. The second-order valence-electron chi connectivity index (χ2n) is 9.66. The molecule has 1 aromatic heterocycles. The topological polar surface area (TPSA) is 139 Å². The Morgan fingerprint density at radius 2 is 1.74 bits per heavy atom. The SMILES string of the molecule is COc1ccc(Nc2nc(NC3CCCCCC3)nc(N3CCC(OC(=O)CCC(=O)O)CC3)n2)cc1Cl. The van der Waals surface area contributed by atoms with Crippen LogP contribution in [0, 0.1) is 0 Å². The molecular formula is C26H35ClN6O5. The summed E-state index contributed by atoms with van der Waals surface area (Å²) in [4.78, 5) is 38.7. The first-order valence-electron chi connectivity index (χ1n) is 13.2. The number of nitrogens with one attached hydrogen (secondary N) is 2. The van der Waals surface area contributed by atoms with Crippen molar-refractivity contribution in [3.63, 3.8) is 0 Å². The van der Waals surface area contributed by atoms with E-state index in [1.54, 1.807) is 19.2 Å². The zero-order chi connectivity index (χ0) is 26.9. The molecule has 4 rings (SSSR count). The predicted octanol–water partition coefficient (Wildman–Crippen LogP) is 4.79. The number of carbonyl (C=O) groups is 2. The van der Waals surface area contributed by atoms with Gasteiger partial charge in [-0.3, -0.25) is 9.59 Å². The van der Waals surface area contributed by atoms with Gasteiger partial charge in [0.15, 0.2) is 0 Å². The van der Waals surface area contributed by atoms with Crippen LogP contribution < -0.4 is 20.3 Å². The summed E-state index contributed by atoms with van der Waals surface area (Å²) >= 11 is 6.31. The number of halogens is 1. The molecule has 1 saturated carbocycles. The third-order valence-corrected chi connectivity index (χ3v) is 7.08. The van der Waals surface area contributed by atoms with Gasteiger partial charge in [-0.2, -0.15) is 15.0 Å². The number of piperidine rings is 1. The summed E-state index contributed by atoms with van der Waals surface area (Å²) in [5, 5.41) is 16.0. The molecule has 38 heavy (non-hydrogen) atoms. The molecule has 2 aromatic rings. The Hall–Kier alpha value is -3.34. The Bertz CT molecular complexity index is 1100. The van der Waals surface area contributed by atoms with Crippen LogP contribution in [-0.2, 0) is 14.3 Å². The Balaban J connectivity index is 1.47. The number of nitrogens with zero attached hydrogens (tertiary/aromatic N) is 4. The van der Waals surface area contributed by atoms with Gasteiger partial charge in [-0.1, -0.05) is 37.3 Å². The van der Waals surface area contributed by atoms with Crippen LogP contribution in [-0.4, -0.2) is 64.3 Å². The molecule has 0 unspecified atom stereocenters. The van der Waals surface area contributed by atoms with Crippen LogP contribution in [0.2, 0.25) is 5.02 Å². The Morgan fingerprint density at radius 1 is 1.03 bits per heavy atom. The minimum Gasteiger partial charge on any atom is -0.495 e. The van der Waals surface area contributed by atoms with Crippen molar-refractivity contribution in [2.45, 2.75) is 76.4 Å². The number of esters is 1. The molecule has 0 amide bonds. The summed E-state index contributed by atoms with van der Waals surface area (Å²) in [7, 11) is 1.57. The van der Waals surface area contributed by atoms with E-state index in [0.717, 1.165) is 18.5 Å². The van der Waals surface area contributed by atoms with Crippen LogP contribution in [0.3, 0.4) is 0 Å². The van der Waals surface area contributed by atoms with Gasteiger partial charge in [0, 0.05) is 37.7 Å². The molecule has 3 N–H and O–H groups in total. The fourth-order valence-corrected chi connectivity index (χ4v) is 4.99. The molecule has 2 fully saturated rings. The highest BCUT2D eigenvalue weighted by atomic mass is 35.5. The number of anilines is 4. The van der Waals surface area contributed by atoms with Crippen LogP contribution in [0.4, 0.5) is 23.5 Å². The highest BCUT2D eigenvalue weighted by Gasteiger charge is 2.25. The lowest BCUT2D eigenvalue weighted by atomic mass is 10.1. The first kappa shape index (κ1) is 27.7. The number of carboxylic acid groups (broad SMARTS) is 1. The third kappa shape index (κ3) is 8.08. The second kappa shape index (κ2) is 13.5. The van der Waals surface area contributed by atoms with Crippen LogP contribution in [0.25, 0.3) is 0 Å². The summed E-state index contributed by atoms with van der Waals surface area (Å²) < 4.78 is 10.7. The molecular weight excluding hydrogens is 512 g/mol. The fraction of sp³-hybridized carbons (Fsp3) is 0.577. The van der Waals surface area contributed by atoms with Crippen molar-refractivity contribution >= 4 is 47.1 Å². The quantitative estimate of drug-likeness (QED) is 0.280. The average molecular weight is 547 g/mol. The van der Waals surface area contributed by atoms with E-state index in [2.05, 4.69) is 20.6 Å². The number of carbonyl (C=O) groups excluding carboxylic acids is 1. The van der Waals surface area contributed by atoms with Crippen molar-refractivity contribution in [2.24, 2.45) is 0 Å². The Morgan fingerprint density at radius 3 is 2.39 bits per heavy atom. The monoisotopic (exact) mass is 546 g/mol. The van der Waals surface area contributed by atoms with Crippen molar-refractivity contribution in [1.82, 2.24) is 15.0 Å². The Kier molecular flexibility index (Phi) is 9.80. The molecule has 1 aliphatic carbocycles. The lowest BCUT2D eigenvalue weighted by molar-refractivity contribution is -0.152. The summed E-state index contributed by atoms with van der Waals surface area (Å²) in [5.41, 5.74) is 0.723. The summed E-state index contributed by atoms with van der Waals surface area (Å²) in [6, 6.07) is 5.69. The van der Waals surface area contributed by atoms with E-state index in [9.17, 15) is 9.59 Å². The minimum absolute atomic E-state index is 0.121. The number of ether oxygens (including phenoxy) is 2. The molecule has 1 aromatic carbocycles. The molecule has 2 heterocycles. The molecule has 12 heteroatoms. The van der Waals surface area contributed by atoms with E-state index in [1.165, 1.54) is 25.7 Å². The van der Waals surface area contributed by atoms with E-state index in [-0.39, 0.29) is 18.9 Å². The normalized spacial score (nSPS) is 16.9. The van der Waals surface area contributed by atoms with Gasteiger partial charge in [0.25, 0.3) is 0 Å². The standard InChI is InChI=1S/C26H35ClN6O5/c1-37-21-9-8-18(16-20(21)27)29-25-30-24(28-17-6-4-2-3-5-7-17)31-26(32-25)33-14-12-19(13-15-33)38-23(36)11-10-22(34)35/h8-9,16-17,19H,2-7,10-15H2,1H3,(H,34,35)(H2,28,29,30,31,32). The molecule has 0 radical (unpaired) electrons. The van der Waals surface area contributed by atoms with Gasteiger partial charge in [-0.15, -0.1) is 0 Å². The maximum Gasteiger partial charge on any atom is 0.306 e. The summed E-state index contributed by atoms with van der Waals surface area (Å²) in [5.74, 6) is 0.539. The number of benzene rings is 1. The molecule has 2 aliphatic rings. The first-order chi connectivity index (χ1) is 18.4. The Labute approximate surface area is 227 Å². The van der Waals surface area contributed by atoms with Crippen molar-refractivity contribution in [2.75, 3.05) is 35.7 Å². The number of carboxylic acids is 1. The summed E-state index contributed by atoms with van der Waals surface area (Å²) in [6.45, 7) is 1.19. The zero-order valence-corrected chi connectivity index (χ0v) is 22.4. The first-order valence-corrected chi connectivity index (χ1v) is 13.6. The van der Waals surface area contributed by atoms with Crippen LogP contribution in [0.15, 0.2) is 18.2 Å². The van der Waals surface area contributed by atoms with Crippen molar-refractivity contribution in [1.29, 1.82) is 0 Å². The van der Waals surface area contributed by atoms with E-state index in [4.69, 9.17) is 31.2 Å². The van der Waals surface area contributed by atoms with Gasteiger partial charge < -0.3 is 30.1 Å². The molecule has 206 valence electrons. The minimum atomic E-state index is -1.01. The zero-order valence-electron chi connectivity index (χ0n) is 21.6. The number of rotatable bonds is 10. The molecule has 0 bridgehead atoms. The molecule has 1 saturated heterocycles. The number of hydrogen-bond acceptors (Lipinski definition) is 10. The fourth-order valence-electron chi connectivity index (χ4n) is 4.73. The van der Waals surface area contributed by atoms with E-state index < -0.39 is 11.9 Å². The van der Waals surface area contributed by atoms with Gasteiger partial charge in [0.2, 0.25) is 17.8 Å². The number of aliphatic carboxylic acids is 1. The second-order valence-corrected chi connectivity index (χ2v) is 10.1. The lowest BCUT2D eigenvalue weighted by Gasteiger charge is -2.32. The highest BCUT2D eigenvalue weighted by Crippen LogP contribution is 2.29. The number of methoxy groups -OCH3 is 1. The largest absolute Gasteiger partial charge is 0.495 e. The molecule has 0 atom stereocenters. The number of aromatic nitrogens is 3. The maximum atomic E-state index is 11.9. The van der Waals surface area contributed by atoms with Crippen molar-refractivity contribution in [3.05, 3.63) is 23.2 Å². The van der Waals surface area contributed by atoms with E-state index in [1.807, 2.05) is 11.0 Å². The maximum absolute atomic E-state index is 11.9. The van der Waals surface area contributed by atoms with Crippen LogP contribution in [0.5, 0.6) is 5.75 Å². The van der Waals surface area contributed by atoms with Gasteiger partial charge in [-0.05, 0) is 31.0 Å². The lowest BCUT2D eigenvalue weighted by Crippen LogP contribution is -2.39. The van der Waals surface area contributed by atoms with Crippen molar-refractivity contribution in [3.8, 4) is 5.75 Å².